The molecule has 29 heavy (non-hydrogen) atoms. The molecule has 1 aromatic rings. The lowest BCUT2D eigenvalue weighted by Crippen LogP contribution is -2.52. The van der Waals surface area contributed by atoms with Crippen molar-refractivity contribution in [2.45, 2.75) is 50.9 Å². The number of ether oxygens (including phenoxy) is 1. The molecule has 0 unspecified atom stereocenters. The second-order valence-corrected chi connectivity index (χ2v) is 8.17. The Kier molecular flexibility index (Phi) is 6.70. The van der Waals surface area contributed by atoms with E-state index in [2.05, 4.69) is 18.5 Å². The highest BCUT2D eigenvalue weighted by atomic mass is 19.1. The molecule has 5 heteroatoms. The SMILES string of the molecule is C=CC1=C(C=C)[C@H](c2ccc(F)cc2)N(C(=O)C(C)(C)OC2CCNCC2)CC1. The van der Waals surface area contributed by atoms with Crippen molar-refractivity contribution < 1.29 is 13.9 Å². The first-order valence-corrected chi connectivity index (χ1v) is 10.3. The largest absolute Gasteiger partial charge is 0.362 e. The predicted octanol–water partition coefficient (Wildman–Crippen LogP) is 4.31. The van der Waals surface area contributed by atoms with Gasteiger partial charge in [-0.1, -0.05) is 37.4 Å². The van der Waals surface area contributed by atoms with Crippen LogP contribution >= 0.6 is 0 Å². The summed E-state index contributed by atoms with van der Waals surface area (Å²) in [6, 6.07) is 5.99. The van der Waals surface area contributed by atoms with Crippen molar-refractivity contribution in [2.24, 2.45) is 0 Å². The number of amides is 1. The van der Waals surface area contributed by atoms with E-state index < -0.39 is 5.60 Å². The van der Waals surface area contributed by atoms with Crippen molar-refractivity contribution in [3.8, 4) is 0 Å². The van der Waals surface area contributed by atoms with Crippen LogP contribution in [0.2, 0.25) is 0 Å². The van der Waals surface area contributed by atoms with E-state index >= 15 is 0 Å². The molecule has 3 rings (SSSR count). The van der Waals surface area contributed by atoms with Gasteiger partial charge in [-0.3, -0.25) is 4.79 Å². The van der Waals surface area contributed by atoms with Crippen LogP contribution in [-0.4, -0.2) is 42.1 Å². The average molecular weight is 399 g/mol. The van der Waals surface area contributed by atoms with Crippen molar-refractivity contribution in [3.05, 3.63) is 72.1 Å². The minimum atomic E-state index is -0.946. The molecular weight excluding hydrogens is 367 g/mol. The van der Waals surface area contributed by atoms with Gasteiger partial charge in [-0.2, -0.15) is 0 Å². The van der Waals surface area contributed by atoms with Gasteiger partial charge in [0.1, 0.15) is 11.4 Å². The molecular formula is C24H31FN2O2. The van der Waals surface area contributed by atoms with E-state index in [-0.39, 0.29) is 23.9 Å². The maximum atomic E-state index is 13.6. The first kappa shape index (κ1) is 21.5. The zero-order valence-electron chi connectivity index (χ0n) is 17.4. The average Bonchev–Trinajstić information content (AvgIpc) is 2.73. The fourth-order valence-electron chi connectivity index (χ4n) is 4.27. The van der Waals surface area contributed by atoms with Crippen LogP contribution in [0.25, 0.3) is 0 Å². The van der Waals surface area contributed by atoms with Gasteiger partial charge in [-0.05, 0) is 75.0 Å². The number of piperidine rings is 1. The maximum Gasteiger partial charge on any atom is 0.255 e. The zero-order valence-corrected chi connectivity index (χ0v) is 17.4. The molecule has 2 aliphatic heterocycles. The lowest BCUT2D eigenvalue weighted by atomic mass is 9.86. The number of hydrogen-bond donors (Lipinski definition) is 1. The summed E-state index contributed by atoms with van der Waals surface area (Å²) in [5.41, 5.74) is 1.91. The van der Waals surface area contributed by atoms with Crippen LogP contribution in [-0.2, 0) is 9.53 Å². The van der Waals surface area contributed by atoms with E-state index in [1.54, 1.807) is 18.2 Å². The zero-order chi connectivity index (χ0) is 21.0. The molecule has 1 saturated heterocycles. The fraction of sp³-hybridized carbons (Fsp3) is 0.458. The number of benzene rings is 1. The van der Waals surface area contributed by atoms with Gasteiger partial charge in [-0.15, -0.1) is 0 Å². The minimum Gasteiger partial charge on any atom is -0.362 e. The summed E-state index contributed by atoms with van der Waals surface area (Å²) in [5, 5.41) is 3.32. The number of halogens is 1. The number of hydrogen-bond acceptors (Lipinski definition) is 3. The molecule has 0 bridgehead atoms. The Bertz CT molecular complexity index is 792. The summed E-state index contributed by atoms with van der Waals surface area (Å²) in [6.07, 6.45) is 6.18. The van der Waals surface area contributed by atoms with Crippen molar-refractivity contribution in [1.82, 2.24) is 10.2 Å². The molecule has 2 aliphatic rings. The van der Waals surface area contributed by atoms with E-state index in [4.69, 9.17) is 4.74 Å². The van der Waals surface area contributed by atoms with E-state index in [0.717, 1.165) is 42.6 Å². The van der Waals surface area contributed by atoms with E-state index in [1.807, 2.05) is 24.8 Å². The number of rotatable bonds is 6. The van der Waals surface area contributed by atoms with E-state index in [0.29, 0.717) is 13.0 Å². The van der Waals surface area contributed by atoms with Gasteiger partial charge in [0.15, 0.2) is 0 Å². The Morgan fingerprint density at radius 2 is 1.86 bits per heavy atom. The van der Waals surface area contributed by atoms with Crippen LogP contribution < -0.4 is 5.32 Å². The number of carbonyl (C=O) groups is 1. The van der Waals surface area contributed by atoms with Gasteiger partial charge in [0.2, 0.25) is 0 Å². The quantitative estimate of drug-likeness (QED) is 0.776. The monoisotopic (exact) mass is 398 g/mol. The smallest absolute Gasteiger partial charge is 0.255 e. The van der Waals surface area contributed by atoms with Gasteiger partial charge >= 0.3 is 0 Å². The number of carbonyl (C=O) groups excluding carboxylic acids is 1. The minimum absolute atomic E-state index is 0.0622. The molecule has 156 valence electrons. The third-order valence-corrected chi connectivity index (χ3v) is 5.77. The topological polar surface area (TPSA) is 41.6 Å². The molecule has 0 saturated carbocycles. The first-order valence-electron chi connectivity index (χ1n) is 10.3. The van der Waals surface area contributed by atoms with Gasteiger partial charge < -0.3 is 15.0 Å². The Morgan fingerprint density at radius 1 is 1.21 bits per heavy atom. The van der Waals surface area contributed by atoms with Crippen molar-refractivity contribution >= 4 is 5.91 Å². The number of nitrogens with zero attached hydrogens (tertiary/aromatic N) is 1. The van der Waals surface area contributed by atoms with E-state index in [9.17, 15) is 9.18 Å². The highest BCUT2D eigenvalue weighted by Crippen LogP contribution is 2.39. The molecule has 4 nitrogen and oxygen atoms in total. The Labute approximate surface area is 173 Å². The second kappa shape index (κ2) is 9.06. The normalized spacial score (nSPS) is 21.2. The first-order chi connectivity index (χ1) is 13.9. The van der Waals surface area contributed by atoms with Crippen LogP contribution in [0.1, 0.15) is 44.7 Å². The lowest BCUT2D eigenvalue weighted by molar-refractivity contribution is -0.164. The molecule has 2 heterocycles. The molecule has 1 atom stereocenters. The second-order valence-electron chi connectivity index (χ2n) is 8.17. The molecule has 0 spiro atoms. The van der Waals surface area contributed by atoms with Crippen molar-refractivity contribution in [3.63, 3.8) is 0 Å². The van der Waals surface area contributed by atoms with Crippen LogP contribution in [0.3, 0.4) is 0 Å². The van der Waals surface area contributed by atoms with Gasteiger partial charge in [0, 0.05) is 6.54 Å². The number of nitrogens with one attached hydrogen (secondary N) is 1. The van der Waals surface area contributed by atoms with E-state index in [1.165, 1.54) is 12.1 Å². The van der Waals surface area contributed by atoms with Gasteiger partial charge in [0.25, 0.3) is 5.91 Å². The molecule has 0 radical (unpaired) electrons. The predicted molar refractivity (Wildman–Crippen MR) is 114 cm³/mol. The maximum absolute atomic E-state index is 13.6. The van der Waals surface area contributed by atoms with Crippen LogP contribution in [0.15, 0.2) is 60.7 Å². The van der Waals surface area contributed by atoms with Crippen molar-refractivity contribution in [2.75, 3.05) is 19.6 Å². The Hall–Kier alpha value is -2.24. The number of allylic oxidation sites excluding steroid dienone is 1. The van der Waals surface area contributed by atoms with Crippen molar-refractivity contribution in [1.29, 1.82) is 0 Å². The fourth-order valence-corrected chi connectivity index (χ4v) is 4.27. The van der Waals surface area contributed by atoms with Gasteiger partial charge in [0.05, 0.1) is 12.1 Å². The summed E-state index contributed by atoms with van der Waals surface area (Å²) in [4.78, 5) is 15.5. The van der Waals surface area contributed by atoms with Crippen LogP contribution in [0.5, 0.6) is 0 Å². The molecule has 1 aromatic carbocycles. The summed E-state index contributed by atoms with van der Waals surface area (Å²) in [7, 11) is 0. The summed E-state index contributed by atoms with van der Waals surface area (Å²) in [5.74, 6) is -0.363. The van der Waals surface area contributed by atoms with Crippen LogP contribution in [0.4, 0.5) is 4.39 Å². The molecule has 1 fully saturated rings. The van der Waals surface area contributed by atoms with Gasteiger partial charge in [-0.25, -0.2) is 4.39 Å². The molecule has 1 amide bonds. The highest BCUT2D eigenvalue weighted by molar-refractivity contribution is 5.85. The molecule has 0 aliphatic carbocycles. The third-order valence-electron chi connectivity index (χ3n) is 5.77. The summed E-state index contributed by atoms with van der Waals surface area (Å²) >= 11 is 0. The lowest BCUT2D eigenvalue weighted by Gasteiger charge is -2.42. The Morgan fingerprint density at radius 3 is 2.45 bits per heavy atom. The highest BCUT2D eigenvalue weighted by Gasteiger charge is 2.41. The molecule has 0 aromatic heterocycles. The summed E-state index contributed by atoms with van der Waals surface area (Å²) in [6.45, 7) is 13.9. The third kappa shape index (κ3) is 4.68. The standard InChI is InChI=1S/C24H31FN2O2/c1-5-17-13-16-27(22(21(17)6-2)18-7-9-19(25)10-8-18)23(28)24(3,4)29-20-11-14-26-15-12-20/h5-10,20,22,26H,1-2,11-16H2,3-4H3/t22-/m0/s1. The molecule has 1 N–H and O–H groups in total. The summed E-state index contributed by atoms with van der Waals surface area (Å²) < 4.78 is 19.8. The Balaban J connectivity index is 1.93. The van der Waals surface area contributed by atoms with Crippen LogP contribution in [0, 0.1) is 5.82 Å².